The van der Waals surface area contributed by atoms with Crippen LogP contribution in [0.4, 0.5) is 4.79 Å². The number of nitrogens with one attached hydrogen (secondary N) is 1. The molecule has 1 saturated heterocycles. The number of β-amino-alcohol motifs (C(OH)–C–C–N with tert-alkyl or cyclic N) is 1. The number of rotatable bonds is 4. The van der Waals surface area contributed by atoms with Crippen LogP contribution in [0.2, 0.25) is 0 Å². The zero-order valence-corrected chi connectivity index (χ0v) is 11.0. The Morgan fingerprint density at radius 3 is 2.67 bits per heavy atom. The molecule has 0 bridgehead atoms. The van der Waals surface area contributed by atoms with Crippen molar-refractivity contribution in [3.8, 4) is 0 Å². The van der Waals surface area contributed by atoms with Gasteiger partial charge in [0.05, 0.1) is 18.6 Å². The van der Waals surface area contributed by atoms with E-state index in [0.29, 0.717) is 25.9 Å². The van der Waals surface area contributed by atoms with Gasteiger partial charge in [-0.15, -0.1) is 0 Å². The summed E-state index contributed by atoms with van der Waals surface area (Å²) < 4.78 is 0. The lowest BCUT2D eigenvalue weighted by atomic mass is 9.95. The van der Waals surface area contributed by atoms with Crippen molar-refractivity contribution in [2.75, 3.05) is 13.1 Å². The number of amides is 2. The Hall–Kier alpha value is -1.30. The number of hydrogen-bond acceptors (Lipinski definition) is 3. The van der Waals surface area contributed by atoms with Gasteiger partial charge in [-0.1, -0.05) is 6.92 Å². The molecule has 1 rings (SSSR count). The molecule has 1 fully saturated rings. The van der Waals surface area contributed by atoms with Crippen molar-refractivity contribution in [2.45, 2.75) is 51.2 Å². The number of aliphatic carboxylic acids is 1. The van der Waals surface area contributed by atoms with Crippen LogP contribution in [0.3, 0.4) is 0 Å². The number of carboxylic acid groups (broad SMARTS) is 1. The molecule has 6 nitrogen and oxygen atoms in total. The molecule has 6 heteroatoms. The molecule has 2 unspecified atom stereocenters. The third kappa shape index (κ3) is 4.52. The summed E-state index contributed by atoms with van der Waals surface area (Å²) in [7, 11) is 0. The highest BCUT2D eigenvalue weighted by Crippen LogP contribution is 2.20. The molecule has 0 spiro atoms. The molecule has 1 heterocycles. The van der Waals surface area contributed by atoms with Crippen molar-refractivity contribution in [3.63, 3.8) is 0 Å². The van der Waals surface area contributed by atoms with Gasteiger partial charge in [-0.05, 0) is 26.2 Å². The summed E-state index contributed by atoms with van der Waals surface area (Å²) in [5, 5.41) is 21.3. The van der Waals surface area contributed by atoms with Gasteiger partial charge in [0.2, 0.25) is 0 Å². The maximum Gasteiger partial charge on any atom is 0.317 e. The summed E-state index contributed by atoms with van der Waals surface area (Å²) in [6.07, 6.45) is 1.94. The van der Waals surface area contributed by atoms with Crippen molar-refractivity contribution in [1.82, 2.24) is 10.2 Å². The van der Waals surface area contributed by atoms with Crippen LogP contribution in [0, 0.1) is 0 Å². The smallest absolute Gasteiger partial charge is 0.317 e. The fraction of sp³-hybridized carbons (Fsp3) is 0.833. The Kier molecular flexibility index (Phi) is 4.95. The van der Waals surface area contributed by atoms with Gasteiger partial charge in [-0.25, -0.2) is 4.79 Å². The molecule has 1 aliphatic heterocycles. The topological polar surface area (TPSA) is 89.9 Å². The first-order valence-corrected chi connectivity index (χ1v) is 6.33. The Balaban J connectivity index is 2.50. The minimum atomic E-state index is -0.923. The summed E-state index contributed by atoms with van der Waals surface area (Å²) in [4.78, 5) is 24.1. The lowest BCUT2D eigenvalue weighted by molar-refractivity contribution is -0.137. The molecule has 0 saturated carbocycles. The Labute approximate surface area is 107 Å². The monoisotopic (exact) mass is 258 g/mol. The number of urea groups is 1. The number of piperidine rings is 1. The number of likely N-dealkylation sites (tertiary alicyclic amines) is 1. The normalized spacial score (nSPS) is 25.6. The van der Waals surface area contributed by atoms with Gasteiger partial charge in [-0.2, -0.15) is 0 Å². The molecule has 0 aromatic heterocycles. The zero-order chi connectivity index (χ0) is 13.8. The van der Waals surface area contributed by atoms with Gasteiger partial charge >= 0.3 is 12.0 Å². The molecule has 18 heavy (non-hydrogen) atoms. The Morgan fingerprint density at radius 1 is 1.50 bits per heavy atom. The largest absolute Gasteiger partial charge is 0.481 e. The molecule has 0 aromatic carbocycles. The summed E-state index contributed by atoms with van der Waals surface area (Å²) in [5.74, 6) is -0.923. The SMILES string of the molecule is CCC(CC(=O)O)NC(=O)N1CCCC(C)(O)C1. The van der Waals surface area contributed by atoms with Crippen molar-refractivity contribution in [3.05, 3.63) is 0 Å². The summed E-state index contributed by atoms with van der Waals surface area (Å²) in [6, 6.07) is -0.648. The first kappa shape index (κ1) is 14.8. The highest BCUT2D eigenvalue weighted by Gasteiger charge is 2.31. The predicted octanol–water partition coefficient (Wildman–Crippen LogP) is 0.796. The predicted molar refractivity (Wildman–Crippen MR) is 66.3 cm³/mol. The molecule has 0 radical (unpaired) electrons. The van der Waals surface area contributed by atoms with Crippen LogP contribution < -0.4 is 5.32 Å². The number of carbonyl (C=O) groups is 2. The number of aliphatic hydroxyl groups is 1. The Morgan fingerprint density at radius 2 is 2.17 bits per heavy atom. The zero-order valence-electron chi connectivity index (χ0n) is 11.0. The molecular weight excluding hydrogens is 236 g/mol. The maximum atomic E-state index is 11.9. The average molecular weight is 258 g/mol. The van der Waals surface area contributed by atoms with Gasteiger partial charge in [0.1, 0.15) is 0 Å². The van der Waals surface area contributed by atoms with Gasteiger partial charge in [0.25, 0.3) is 0 Å². The van der Waals surface area contributed by atoms with Gasteiger partial charge in [0, 0.05) is 12.6 Å². The second-order valence-electron chi connectivity index (χ2n) is 5.17. The van der Waals surface area contributed by atoms with Gasteiger partial charge in [0.15, 0.2) is 0 Å². The third-order valence-corrected chi connectivity index (χ3v) is 3.20. The van der Waals surface area contributed by atoms with E-state index in [0.717, 1.165) is 6.42 Å². The molecule has 2 amide bonds. The second-order valence-corrected chi connectivity index (χ2v) is 5.17. The molecule has 2 atom stereocenters. The van der Waals surface area contributed by atoms with Crippen molar-refractivity contribution in [1.29, 1.82) is 0 Å². The van der Waals surface area contributed by atoms with E-state index in [1.807, 2.05) is 6.92 Å². The molecule has 3 N–H and O–H groups in total. The summed E-state index contributed by atoms with van der Waals surface area (Å²) >= 11 is 0. The molecular formula is C12H22N2O4. The molecule has 1 aliphatic rings. The summed E-state index contributed by atoms with van der Waals surface area (Å²) in [6.45, 7) is 4.44. The van der Waals surface area contributed by atoms with E-state index in [9.17, 15) is 14.7 Å². The quantitative estimate of drug-likeness (QED) is 0.695. The van der Waals surface area contributed by atoms with E-state index >= 15 is 0 Å². The van der Waals surface area contributed by atoms with Crippen LogP contribution in [-0.2, 0) is 4.79 Å². The van der Waals surface area contributed by atoms with E-state index in [2.05, 4.69) is 5.32 Å². The van der Waals surface area contributed by atoms with E-state index in [1.54, 1.807) is 11.8 Å². The molecule has 104 valence electrons. The fourth-order valence-electron chi connectivity index (χ4n) is 2.17. The van der Waals surface area contributed by atoms with E-state index in [4.69, 9.17) is 5.11 Å². The van der Waals surface area contributed by atoms with Crippen LogP contribution in [0.5, 0.6) is 0 Å². The minimum absolute atomic E-state index is 0.0769. The highest BCUT2D eigenvalue weighted by atomic mass is 16.4. The second kappa shape index (κ2) is 6.04. The molecule has 0 aromatic rings. The number of carboxylic acids is 1. The van der Waals surface area contributed by atoms with Crippen LogP contribution >= 0.6 is 0 Å². The Bertz CT molecular complexity index is 317. The first-order chi connectivity index (χ1) is 8.34. The minimum Gasteiger partial charge on any atom is -0.481 e. The lowest BCUT2D eigenvalue weighted by Gasteiger charge is -2.37. The maximum absolute atomic E-state index is 11.9. The fourth-order valence-corrected chi connectivity index (χ4v) is 2.17. The summed E-state index contributed by atoms with van der Waals surface area (Å²) in [5.41, 5.74) is -0.843. The number of nitrogens with zero attached hydrogens (tertiary/aromatic N) is 1. The first-order valence-electron chi connectivity index (χ1n) is 6.33. The highest BCUT2D eigenvalue weighted by molar-refractivity contribution is 5.76. The van der Waals surface area contributed by atoms with Crippen molar-refractivity contribution in [2.24, 2.45) is 0 Å². The molecule has 0 aliphatic carbocycles. The lowest BCUT2D eigenvalue weighted by Crippen LogP contribution is -2.53. The van der Waals surface area contributed by atoms with Crippen molar-refractivity contribution < 1.29 is 19.8 Å². The number of carbonyl (C=O) groups excluding carboxylic acids is 1. The van der Waals surface area contributed by atoms with E-state index in [1.165, 1.54) is 0 Å². The standard InChI is InChI=1S/C12H22N2O4/c1-3-9(7-10(15)16)13-11(17)14-6-4-5-12(2,18)8-14/h9,18H,3-8H2,1-2H3,(H,13,17)(H,15,16). The van der Waals surface area contributed by atoms with Gasteiger partial charge < -0.3 is 20.4 Å². The van der Waals surface area contributed by atoms with Crippen LogP contribution in [0.1, 0.15) is 39.5 Å². The number of hydrogen-bond donors (Lipinski definition) is 3. The van der Waals surface area contributed by atoms with E-state index in [-0.39, 0.29) is 18.5 Å². The average Bonchev–Trinajstić information content (AvgIpc) is 2.26. The van der Waals surface area contributed by atoms with Crippen LogP contribution in [-0.4, -0.2) is 51.8 Å². The van der Waals surface area contributed by atoms with Crippen LogP contribution in [0.15, 0.2) is 0 Å². The van der Waals surface area contributed by atoms with Crippen LogP contribution in [0.25, 0.3) is 0 Å². The van der Waals surface area contributed by atoms with Gasteiger partial charge in [-0.3, -0.25) is 4.79 Å². The van der Waals surface area contributed by atoms with E-state index < -0.39 is 11.6 Å². The van der Waals surface area contributed by atoms with Crippen molar-refractivity contribution >= 4 is 12.0 Å². The third-order valence-electron chi connectivity index (χ3n) is 3.20.